The molecular formula is C13H21NO. The number of hydrogen-bond donors (Lipinski definition) is 2. The van der Waals surface area contributed by atoms with Crippen molar-refractivity contribution < 1.29 is 5.11 Å². The second-order valence-corrected chi connectivity index (χ2v) is 4.23. The Morgan fingerprint density at radius 2 is 2.00 bits per heavy atom. The predicted molar refractivity (Wildman–Crippen MR) is 63.9 cm³/mol. The summed E-state index contributed by atoms with van der Waals surface area (Å²) in [5.74, 6) is 0. The van der Waals surface area contributed by atoms with Crippen molar-refractivity contribution in [2.75, 3.05) is 13.2 Å². The summed E-state index contributed by atoms with van der Waals surface area (Å²) in [5.41, 5.74) is 2.08. The third kappa shape index (κ3) is 2.80. The number of nitrogens with one attached hydrogen (secondary N) is 1. The second kappa shape index (κ2) is 5.29. The Kier molecular flexibility index (Phi) is 4.30. The fourth-order valence-corrected chi connectivity index (χ4v) is 1.83. The average molecular weight is 207 g/mol. The van der Waals surface area contributed by atoms with E-state index < -0.39 is 0 Å². The molecule has 0 amide bonds. The number of hydrogen-bond acceptors (Lipinski definition) is 2. The van der Waals surface area contributed by atoms with Gasteiger partial charge in [0.05, 0.1) is 12.1 Å². The molecule has 2 nitrogen and oxygen atoms in total. The normalized spacial score (nSPS) is 14.9. The van der Waals surface area contributed by atoms with Crippen molar-refractivity contribution in [3.63, 3.8) is 0 Å². The lowest BCUT2D eigenvalue weighted by Gasteiger charge is -2.30. The molecule has 15 heavy (non-hydrogen) atoms. The van der Waals surface area contributed by atoms with Gasteiger partial charge in [-0.15, -0.1) is 0 Å². The zero-order chi connectivity index (χ0) is 11.3. The minimum atomic E-state index is -0.318. The van der Waals surface area contributed by atoms with Crippen LogP contribution in [0, 0.1) is 6.92 Å². The Hall–Kier alpha value is -0.860. The fraction of sp³-hybridized carbons (Fsp3) is 0.538. The van der Waals surface area contributed by atoms with Crippen LogP contribution in [0.25, 0.3) is 0 Å². The van der Waals surface area contributed by atoms with E-state index in [1.54, 1.807) is 0 Å². The van der Waals surface area contributed by atoms with Gasteiger partial charge in [0.1, 0.15) is 0 Å². The van der Waals surface area contributed by atoms with Gasteiger partial charge in [0.2, 0.25) is 0 Å². The Balaban J connectivity index is 2.95. The quantitative estimate of drug-likeness (QED) is 0.776. The minimum Gasteiger partial charge on any atom is -0.394 e. The van der Waals surface area contributed by atoms with Crippen LogP contribution in [-0.4, -0.2) is 18.3 Å². The summed E-state index contributed by atoms with van der Waals surface area (Å²) in [6, 6.07) is 8.20. The highest BCUT2D eigenvalue weighted by molar-refractivity contribution is 5.32. The van der Waals surface area contributed by atoms with Crippen LogP contribution in [-0.2, 0) is 5.54 Å². The van der Waals surface area contributed by atoms with Crippen molar-refractivity contribution in [3.8, 4) is 0 Å². The lowest BCUT2D eigenvalue weighted by Crippen LogP contribution is -2.43. The van der Waals surface area contributed by atoms with E-state index in [9.17, 15) is 5.11 Å². The Morgan fingerprint density at radius 1 is 1.33 bits per heavy atom. The van der Waals surface area contributed by atoms with Crippen molar-refractivity contribution >= 4 is 0 Å². The standard InChI is InChI=1S/C13H21NO/c1-4-9-14-13(3,10-15)12-8-6-5-7-11(12)2/h5-8,14-15H,4,9-10H2,1-3H3. The van der Waals surface area contributed by atoms with E-state index in [1.807, 2.05) is 19.1 Å². The number of aliphatic hydroxyl groups excluding tert-OH is 1. The number of benzene rings is 1. The van der Waals surface area contributed by atoms with Crippen molar-refractivity contribution in [3.05, 3.63) is 35.4 Å². The number of aryl methyl sites for hydroxylation is 1. The molecule has 0 saturated carbocycles. The molecule has 0 spiro atoms. The summed E-state index contributed by atoms with van der Waals surface area (Å²) in [4.78, 5) is 0. The summed E-state index contributed by atoms with van der Waals surface area (Å²) in [5, 5.41) is 12.9. The van der Waals surface area contributed by atoms with E-state index in [4.69, 9.17) is 0 Å². The second-order valence-electron chi connectivity index (χ2n) is 4.23. The topological polar surface area (TPSA) is 32.3 Å². The summed E-state index contributed by atoms with van der Waals surface area (Å²) >= 11 is 0. The van der Waals surface area contributed by atoms with E-state index in [-0.39, 0.29) is 12.1 Å². The van der Waals surface area contributed by atoms with Crippen LogP contribution in [0.15, 0.2) is 24.3 Å². The Morgan fingerprint density at radius 3 is 2.53 bits per heavy atom. The largest absolute Gasteiger partial charge is 0.394 e. The lowest BCUT2D eigenvalue weighted by atomic mass is 9.89. The van der Waals surface area contributed by atoms with Gasteiger partial charge in [-0.25, -0.2) is 0 Å². The first kappa shape index (κ1) is 12.2. The van der Waals surface area contributed by atoms with Gasteiger partial charge in [-0.1, -0.05) is 31.2 Å². The SMILES string of the molecule is CCCNC(C)(CO)c1ccccc1C. The van der Waals surface area contributed by atoms with Crippen molar-refractivity contribution in [2.45, 2.75) is 32.7 Å². The smallest absolute Gasteiger partial charge is 0.0652 e. The first-order valence-electron chi connectivity index (χ1n) is 5.56. The first-order chi connectivity index (χ1) is 7.14. The minimum absolute atomic E-state index is 0.123. The van der Waals surface area contributed by atoms with Crippen LogP contribution in [0.4, 0.5) is 0 Å². The van der Waals surface area contributed by atoms with E-state index in [0.29, 0.717) is 0 Å². The summed E-state index contributed by atoms with van der Waals surface area (Å²) in [6.45, 7) is 7.30. The molecule has 0 fully saturated rings. The van der Waals surface area contributed by atoms with Gasteiger partial charge >= 0.3 is 0 Å². The molecule has 1 atom stereocenters. The fourth-order valence-electron chi connectivity index (χ4n) is 1.83. The van der Waals surface area contributed by atoms with Gasteiger partial charge in [-0.2, -0.15) is 0 Å². The molecule has 0 aliphatic carbocycles. The molecule has 2 heteroatoms. The molecule has 1 aromatic carbocycles. The predicted octanol–water partition coefficient (Wildman–Crippen LogP) is 2.20. The molecular weight excluding hydrogens is 186 g/mol. The monoisotopic (exact) mass is 207 g/mol. The van der Waals surface area contributed by atoms with E-state index >= 15 is 0 Å². The Bertz CT molecular complexity index is 311. The molecule has 0 aliphatic rings. The highest BCUT2D eigenvalue weighted by Gasteiger charge is 2.25. The molecule has 1 aromatic rings. The van der Waals surface area contributed by atoms with Gasteiger partial charge in [-0.05, 0) is 37.9 Å². The maximum Gasteiger partial charge on any atom is 0.0652 e. The summed E-state index contributed by atoms with van der Waals surface area (Å²) in [7, 11) is 0. The van der Waals surface area contributed by atoms with Crippen LogP contribution in [0.5, 0.6) is 0 Å². The third-order valence-electron chi connectivity index (χ3n) is 2.82. The highest BCUT2D eigenvalue weighted by Crippen LogP contribution is 2.23. The first-order valence-corrected chi connectivity index (χ1v) is 5.56. The average Bonchev–Trinajstić information content (AvgIpc) is 2.26. The zero-order valence-electron chi connectivity index (χ0n) is 9.88. The van der Waals surface area contributed by atoms with Gasteiger partial charge in [0.15, 0.2) is 0 Å². The van der Waals surface area contributed by atoms with Crippen LogP contribution in [0.3, 0.4) is 0 Å². The van der Waals surface area contributed by atoms with Gasteiger partial charge in [0.25, 0.3) is 0 Å². The van der Waals surface area contributed by atoms with E-state index in [1.165, 1.54) is 11.1 Å². The highest BCUT2D eigenvalue weighted by atomic mass is 16.3. The molecule has 0 aromatic heterocycles. The molecule has 0 heterocycles. The van der Waals surface area contributed by atoms with Gasteiger partial charge in [0, 0.05) is 0 Å². The zero-order valence-corrected chi connectivity index (χ0v) is 9.88. The lowest BCUT2D eigenvalue weighted by molar-refractivity contribution is 0.175. The molecule has 0 bridgehead atoms. The van der Waals surface area contributed by atoms with Crippen LogP contribution in [0.2, 0.25) is 0 Å². The maximum absolute atomic E-state index is 9.53. The van der Waals surface area contributed by atoms with Crippen molar-refractivity contribution in [1.29, 1.82) is 0 Å². The molecule has 84 valence electrons. The third-order valence-corrected chi connectivity index (χ3v) is 2.82. The van der Waals surface area contributed by atoms with Gasteiger partial charge in [-0.3, -0.25) is 0 Å². The van der Waals surface area contributed by atoms with Crippen molar-refractivity contribution in [1.82, 2.24) is 5.32 Å². The summed E-state index contributed by atoms with van der Waals surface area (Å²) < 4.78 is 0. The molecule has 0 radical (unpaired) electrons. The van der Waals surface area contributed by atoms with Crippen molar-refractivity contribution in [2.24, 2.45) is 0 Å². The maximum atomic E-state index is 9.53. The summed E-state index contributed by atoms with van der Waals surface area (Å²) in [6.07, 6.45) is 1.07. The molecule has 0 aliphatic heterocycles. The Labute approximate surface area is 92.3 Å². The van der Waals surface area contributed by atoms with E-state index in [0.717, 1.165) is 13.0 Å². The molecule has 2 N–H and O–H groups in total. The molecule has 0 saturated heterocycles. The molecule has 1 rings (SSSR count). The molecule has 1 unspecified atom stereocenters. The van der Waals surface area contributed by atoms with Crippen LogP contribution in [0.1, 0.15) is 31.4 Å². The van der Waals surface area contributed by atoms with Crippen LogP contribution < -0.4 is 5.32 Å². The number of aliphatic hydroxyl groups is 1. The van der Waals surface area contributed by atoms with Crippen LogP contribution >= 0.6 is 0 Å². The van der Waals surface area contributed by atoms with E-state index in [2.05, 4.69) is 31.3 Å². The van der Waals surface area contributed by atoms with Gasteiger partial charge < -0.3 is 10.4 Å². The number of rotatable bonds is 5.